The normalized spacial score (nSPS) is 21.1. The Morgan fingerprint density at radius 3 is 2.50 bits per heavy atom. The van der Waals surface area contributed by atoms with Gasteiger partial charge in [-0.05, 0) is 55.4 Å². The Hall–Kier alpha value is -2.19. The second kappa shape index (κ2) is 9.31. The number of anilines is 1. The molecule has 4 rings (SSSR count). The molecule has 1 saturated carbocycles. The first-order chi connectivity index (χ1) is 14.5. The average Bonchev–Trinajstić information content (AvgIpc) is 2.74. The number of rotatable bonds is 6. The smallest absolute Gasteiger partial charge is 0.0519 e. The Bertz CT molecular complexity index is 915. The summed E-state index contributed by atoms with van der Waals surface area (Å²) in [5.74, 6) is 1.75. The predicted molar refractivity (Wildman–Crippen MR) is 130 cm³/mol. The lowest BCUT2D eigenvalue weighted by atomic mass is 9.75. The Morgan fingerprint density at radius 1 is 1.03 bits per heavy atom. The number of benzene rings is 2. The quantitative estimate of drug-likeness (QED) is 0.527. The van der Waals surface area contributed by atoms with Crippen molar-refractivity contribution in [3.8, 4) is 0 Å². The Morgan fingerprint density at radius 2 is 1.77 bits per heavy atom. The van der Waals surface area contributed by atoms with Gasteiger partial charge in [0.2, 0.25) is 0 Å². The fourth-order valence-corrected chi connectivity index (χ4v) is 5.33. The highest BCUT2D eigenvalue weighted by Gasteiger charge is 2.31. The molecule has 0 radical (unpaired) electrons. The van der Waals surface area contributed by atoms with Crippen molar-refractivity contribution in [2.24, 2.45) is 11.8 Å². The maximum atomic E-state index is 6.68. The second-order valence-corrected chi connectivity index (χ2v) is 9.48. The van der Waals surface area contributed by atoms with Crippen LogP contribution in [-0.4, -0.2) is 18.0 Å². The maximum Gasteiger partial charge on any atom is 0.0519 e. The molecular formula is C27H33ClN2. The lowest BCUT2D eigenvalue weighted by Crippen LogP contribution is -2.40. The van der Waals surface area contributed by atoms with Gasteiger partial charge >= 0.3 is 0 Å². The van der Waals surface area contributed by atoms with E-state index in [1.807, 2.05) is 6.07 Å². The third-order valence-electron chi connectivity index (χ3n) is 6.81. The third-order valence-corrected chi connectivity index (χ3v) is 7.12. The van der Waals surface area contributed by atoms with Crippen molar-refractivity contribution in [3.63, 3.8) is 0 Å². The third kappa shape index (κ3) is 4.92. The number of hydrogen-bond acceptors (Lipinski definition) is 2. The zero-order valence-electron chi connectivity index (χ0n) is 18.1. The Labute approximate surface area is 186 Å². The maximum absolute atomic E-state index is 6.68. The van der Waals surface area contributed by atoms with Gasteiger partial charge in [-0.2, -0.15) is 0 Å². The number of fused-ring (bicyclic) bond motifs is 1. The molecule has 2 aliphatic rings. The Balaban J connectivity index is 1.38. The van der Waals surface area contributed by atoms with Crippen LogP contribution in [0.5, 0.6) is 0 Å². The minimum absolute atomic E-state index is 0.749. The molecule has 0 amide bonds. The topological polar surface area (TPSA) is 15.3 Å². The van der Waals surface area contributed by atoms with E-state index in [0.717, 1.165) is 59.0 Å². The summed E-state index contributed by atoms with van der Waals surface area (Å²) in [7, 11) is 0. The van der Waals surface area contributed by atoms with Gasteiger partial charge in [0.1, 0.15) is 0 Å². The molecule has 2 atom stereocenters. The highest BCUT2D eigenvalue weighted by Crippen LogP contribution is 2.39. The minimum atomic E-state index is 0.749. The van der Waals surface area contributed by atoms with Gasteiger partial charge in [-0.3, -0.25) is 0 Å². The van der Waals surface area contributed by atoms with Crippen molar-refractivity contribution in [3.05, 3.63) is 83.0 Å². The molecule has 1 aliphatic heterocycles. The summed E-state index contributed by atoms with van der Waals surface area (Å²) in [6.45, 7) is 12.9. The van der Waals surface area contributed by atoms with E-state index in [9.17, 15) is 0 Å². The molecule has 1 N–H and O–H groups in total. The summed E-state index contributed by atoms with van der Waals surface area (Å²) < 4.78 is 0. The van der Waals surface area contributed by atoms with E-state index in [-0.39, 0.29) is 0 Å². The number of hydrogen-bond donors (Lipinski definition) is 1. The number of aryl methyl sites for hydroxylation is 1. The average molecular weight is 421 g/mol. The van der Waals surface area contributed by atoms with Crippen LogP contribution in [0.25, 0.3) is 5.70 Å². The number of nitrogens with zero attached hydrogens (tertiary/aromatic N) is 1. The molecule has 158 valence electrons. The molecule has 2 fully saturated rings. The van der Waals surface area contributed by atoms with Gasteiger partial charge in [0, 0.05) is 42.2 Å². The molecule has 2 aromatic carbocycles. The van der Waals surface area contributed by atoms with E-state index in [1.54, 1.807) is 0 Å². The molecule has 0 spiro atoms. The molecule has 30 heavy (non-hydrogen) atoms. The van der Waals surface area contributed by atoms with Crippen molar-refractivity contribution < 1.29 is 0 Å². The molecule has 2 aromatic rings. The molecular weight excluding hydrogens is 388 g/mol. The summed E-state index contributed by atoms with van der Waals surface area (Å²) in [5.41, 5.74) is 6.56. The molecule has 1 saturated heterocycles. The number of likely N-dealkylation sites (tertiary alicyclic amines) is 1. The van der Waals surface area contributed by atoms with Crippen LogP contribution in [0.15, 0.2) is 61.3 Å². The molecule has 2 nitrogen and oxygen atoms in total. The van der Waals surface area contributed by atoms with Gasteiger partial charge < -0.3 is 10.2 Å². The minimum Gasteiger partial charge on any atom is -0.371 e. The second-order valence-electron chi connectivity index (χ2n) is 9.07. The van der Waals surface area contributed by atoms with Crippen molar-refractivity contribution in [2.75, 3.05) is 18.4 Å². The number of piperidine rings is 1. The van der Waals surface area contributed by atoms with Gasteiger partial charge in [-0.25, -0.2) is 0 Å². The zero-order valence-corrected chi connectivity index (χ0v) is 18.8. The number of allylic oxidation sites excluding steroid dienone is 1. The molecule has 0 aromatic heterocycles. The van der Waals surface area contributed by atoms with Gasteiger partial charge in [-0.15, -0.1) is 0 Å². The highest BCUT2D eigenvalue weighted by atomic mass is 35.5. The summed E-state index contributed by atoms with van der Waals surface area (Å²) >= 11 is 6.68. The standard InChI is InChI=1S/C27H33ClN2/c1-19-8-10-22(11-9-19)16-20(2)29-25-12-13-26(27(28)17-25)21(3)30-15-14-23-6-4-5-7-24(23)18-30/h8-13,17,23-24,29H,2-7,14-16,18H2,1H3. The largest absolute Gasteiger partial charge is 0.371 e. The fraction of sp³-hybridized carbons (Fsp3) is 0.407. The molecule has 1 aliphatic carbocycles. The van der Waals surface area contributed by atoms with Crippen LogP contribution >= 0.6 is 11.6 Å². The lowest BCUT2D eigenvalue weighted by Gasteiger charge is -2.43. The summed E-state index contributed by atoms with van der Waals surface area (Å²) in [6, 6.07) is 14.7. The zero-order chi connectivity index (χ0) is 21.1. The van der Waals surface area contributed by atoms with E-state index in [2.05, 4.69) is 66.7 Å². The number of nitrogens with one attached hydrogen (secondary N) is 1. The van der Waals surface area contributed by atoms with Crippen LogP contribution in [0.4, 0.5) is 5.69 Å². The van der Waals surface area contributed by atoms with E-state index in [4.69, 9.17) is 11.6 Å². The van der Waals surface area contributed by atoms with E-state index >= 15 is 0 Å². The molecule has 2 unspecified atom stereocenters. The van der Waals surface area contributed by atoms with Crippen LogP contribution in [0.3, 0.4) is 0 Å². The number of halogens is 1. The molecule has 1 heterocycles. The van der Waals surface area contributed by atoms with Gasteiger partial charge in [0.15, 0.2) is 0 Å². The van der Waals surface area contributed by atoms with Crippen molar-refractivity contribution in [1.29, 1.82) is 0 Å². The Kier molecular flexibility index (Phi) is 6.53. The SMILES string of the molecule is C=C(Cc1ccc(C)cc1)Nc1ccc(C(=C)N2CCC3CCCCC3C2)c(Cl)c1. The molecule has 3 heteroatoms. The van der Waals surface area contributed by atoms with E-state index in [1.165, 1.54) is 43.2 Å². The van der Waals surface area contributed by atoms with Crippen LogP contribution in [0, 0.1) is 18.8 Å². The summed E-state index contributed by atoms with van der Waals surface area (Å²) in [5, 5.41) is 4.16. The van der Waals surface area contributed by atoms with E-state index < -0.39 is 0 Å². The highest BCUT2D eigenvalue weighted by molar-refractivity contribution is 6.32. The molecule has 0 bridgehead atoms. The van der Waals surface area contributed by atoms with Crippen LogP contribution in [0.1, 0.15) is 48.8 Å². The predicted octanol–water partition coefficient (Wildman–Crippen LogP) is 7.30. The fourth-order valence-electron chi connectivity index (χ4n) is 5.04. The van der Waals surface area contributed by atoms with Crippen molar-refractivity contribution >= 4 is 23.0 Å². The summed E-state index contributed by atoms with van der Waals surface area (Å²) in [4.78, 5) is 2.46. The first-order valence-corrected chi connectivity index (χ1v) is 11.6. The first-order valence-electron chi connectivity index (χ1n) is 11.2. The summed E-state index contributed by atoms with van der Waals surface area (Å²) in [6.07, 6.45) is 7.67. The van der Waals surface area contributed by atoms with Crippen LogP contribution < -0.4 is 5.32 Å². The van der Waals surface area contributed by atoms with Crippen molar-refractivity contribution in [2.45, 2.75) is 45.4 Å². The first kappa shape index (κ1) is 21.1. The van der Waals surface area contributed by atoms with Crippen molar-refractivity contribution in [1.82, 2.24) is 4.90 Å². The van der Waals surface area contributed by atoms with Gasteiger partial charge in [0.25, 0.3) is 0 Å². The lowest BCUT2D eigenvalue weighted by molar-refractivity contribution is 0.124. The van der Waals surface area contributed by atoms with Crippen LogP contribution in [-0.2, 0) is 6.42 Å². The van der Waals surface area contributed by atoms with Gasteiger partial charge in [-0.1, -0.05) is 73.9 Å². The monoisotopic (exact) mass is 420 g/mol. The van der Waals surface area contributed by atoms with Gasteiger partial charge in [0.05, 0.1) is 5.02 Å². The van der Waals surface area contributed by atoms with Crippen LogP contribution in [0.2, 0.25) is 5.02 Å². The van der Waals surface area contributed by atoms with E-state index in [0.29, 0.717) is 0 Å².